The third kappa shape index (κ3) is 3.69. The van der Waals surface area contributed by atoms with Gasteiger partial charge >= 0.3 is 6.18 Å². The molecule has 1 N–H and O–H groups in total. The quantitative estimate of drug-likeness (QED) is 0.875. The van der Waals surface area contributed by atoms with Crippen LogP contribution in [0.15, 0.2) is 18.2 Å². The molecule has 0 unspecified atom stereocenters. The molecule has 3 heterocycles. The molecule has 0 radical (unpaired) electrons. The van der Waals surface area contributed by atoms with Crippen molar-refractivity contribution in [2.45, 2.75) is 38.5 Å². The summed E-state index contributed by atoms with van der Waals surface area (Å²) in [6.07, 6.45) is -3.90. The number of nitrogens with one attached hydrogen (secondary N) is 1. The van der Waals surface area contributed by atoms with Gasteiger partial charge in [0.05, 0.1) is 18.9 Å². The maximum Gasteiger partial charge on any atom is 0.393 e. The lowest BCUT2D eigenvalue weighted by Crippen LogP contribution is -2.34. The zero-order valence-corrected chi connectivity index (χ0v) is 14.3. The Labute approximate surface area is 152 Å². The van der Waals surface area contributed by atoms with Crippen molar-refractivity contribution in [3.8, 4) is 11.5 Å². The van der Waals surface area contributed by atoms with E-state index in [2.05, 4.69) is 15.5 Å². The third-order valence-corrected chi connectivity index (χ3v) is 4.73. The van der Waals surface area contributed by atoms with Gasteiger partial charge in [-0.05, 0) is 24.1 Å². The van der Waals surface area contributed by atoms with Gasteiger partial charge in [0, 0.05) is 13.0 Å². The highest BCUT2D eigenvalue weighted by molar-refractivity contribution is 5.78. The topological polar surface area (TPSA) is 78.3 Å². The van der Waals surface area contributed by atoms with Crippen molar-refractivity contribution in [1.29, 1.82) is 0 Å². The number of halogens is 3. The van der Waals surface area contributed by atoms with E-state index in [1.165, 1.54) is 4.57 Å². The molecule has 2 aliphatic heterocycles. The monoisotopic (exact) mass is 382 g/mol. The van der Waals surface area contributed by atoms with Crippen molar-refractivity contribution in [3.05, 3.63) is 35.4 Å². The van der Waals surface area contributed by atoms with Gasteiger partial charge < -0.3 is 19.4 Å². The first-order chi connectivity index (χ1) is 12.9. The Morgan fingerprint density at radius 3 is 2.89 bits per heavy atom. The lowest BCUT2D eigenvalue weighted by atomic mass is 9.99. The molecule has 10 heteroatoms. The van der Waals surface area contributed by atoms with Gasteiger partial charge in [-0.25, -0.2) is 0 Å². The molecule has 1 amide bonds. The predicted octanol–water partition coefficient (Wildman–Crippen LogP) is 1.99. The molecule has 7 nitrogen and oxygen atoms in total. The minimum absolute atomic E-state index is 0.0120. The summed E-state index contributed by atoms with van der Waals surface area (Å²) in [6.45, 7) is -0.0257. The molecule has 4 rings (SSSR count). The van der Waals surface area contributed by atoms with Crippen LogP contribution < -0.4 is 14.8 Å². The van der Waals surface area contributed by atoms with Crippen LogP contribution >= 0.6 is 0 Å². The van der Waals surface area contributed by atoms with E-state index < -0.39 is 12.1 Å². The molecule has 0 saturated heterocycles. The lowest BCUT2D eigenvalue weighted by Gasteiger charge is -2.26. The normalized spacial score (nSPS) is 18.3. The number of ether oxygens (including phenoxy) is 2. The molecule has 1 aromatic carbocycles. The molecule has 27 heavy (non-hydrogen) atoms. The smallest absolute Gasteiger partial charge is 0.393 e. The van der Waals surface area contributed by atoms with Gasteiger partial charge in [0.1, 0.15) is 5.82 Å². The molecular weight excluding hydrogens is 365 g/mol. The summed E-state index contributed by atoms with van der Waals surface area (Å²) in [6, 6.07) is 5.23. The molecule has 144 valence electrons. The van der Waals surface area contributed by atoms with Gasteiger partial charge in [0.25, 0.3) is 0 Å². The van der Waals surface area contributed by atoms with Crippen LogP contribution in [0.3, 0.4) is 0 Å². The van der Waals surface area contributed by atoms with E-state index in [0.29, 0.717) is 23.1 Å². The molecule has 2 aliphatic rings. The van der Waals surface area contributed by atoms with Gasteiger partial charge in [-0.15, -0.1) is 10.2 Å². The summed E-state index contributed by atoms with van der Waals surface area (Å²) in [5.41, 5.74) is 0.747. The fourth-order valence-corrected chi connectivity index (χ4v) is 3.26. The number of hydrogen-bond donors (Lipinski definition) is 1. The van der Waals surface area contributed by atoms with E-state index in [4.69, 9.17) is 9.47 Å². The Kier molecular flexibility index (Phi) is 4.40. The largest absolute Gasteiger partial charge is 0.454 e. The van der Waals surface area contributed by atoms with E-state index in [1.807, 2.05) is 0 Å². The van der Waals surface area contributed by atoms with Crippen LogP contribution in [0.4, 0.5) is 13.2 Å². The first-order valence-corrected chi connectivity index (χ1v) is 8.53. The van der Waals surface area contributed by atoms with Crippen molar-refractivity contribution in [2.75, 3.05) is 6.79 Å². The predicted molar refractivity (Wildman–Crippen MR) is 86.0 cm³/mol. The van der Waals surface area contributed by atoms with Crippen LogP contribution in [0.25, 0.3) is 0 Å². The molecule has 0 bridgehead atoms. The van der Waals surface area contributed by atoms with E-state index in [1.54, 1.807) is 18.2 Å². The number of aromatic nitrogens is 3. The summed E-state index contributed by atoms with van der Waals surface area (Å²) in [7, 11) is 0. The summed E-state index contributed by atoms with van der Waals surface area (Å²) in [5, 5.41) is 10.6. The number of carbonyl (C=O) groups is 1. The number of benzene rings is 1. The fraction of sp³-hybridized carbons (Fsp3) is 0.471. The van der Waals surface area contributed by atoms with Crippen LogP contribution in [0, 0.1) is 5.92 Å². The third-order valence-electron chi connectivity index (χ3n) is 4.73. The number of alkyl halides is 3. The first-order valence-electron chi connectivity index (χ1n) is 8.53. The highest BCUT2D eigenvalue weighted by Crippen LogP contribution is 2.34. The van der Waals surface area contributed by atoms with Crippen LogP contribution in [0.1, 0.15) is 23.6 Å². The molecule has 0 saturated carbocycles. The zero-order valence-electron chi connectivity index (χ0n) is 14.3. The maximum absolute atomic E-state index is 13.0. The van der Waals surface area contributed by atoms with Gasteiger partial charge in [0.15, 0.2) is 17.3 Å². The lowest BCUT2D eigenvalue weighted by molar-refractivity contribution is -0.182. The molecule has 1 aromatic heterocycles. The standard InChI is InChI=1S/C17H17F3N4O3/c18-17(19,20)11-2-4-14-22-23-15(24(14)8-11)7-21-16(25)6-10-1-3-12-13(5-10)27-9-26-12/h1,3,5,11H,2,4,6-9H2,(H,21,25)/t11-/m0/s1. The van der Waals surface area contributed by atoms with Crippen LogP contribution in [0.2, 0.25) is 0 Å². The average molecular weight is 382 g/mol. The molecular formula is C17H17F3N4O3. The van der Waals surface area contributed by atoms with Crippen LogP contribution in [-0.4, -0.2) is 33.6 Å². The summed E-state index contributed by atoms with van der Waals surface area (Å²) < 4.78 is 50.9. The van der Waals surface area contributed by atoms with Crippen molar-refractivity contribution in [3.63, 3.8) is 0 Å². The van der Waals surface area contributed by atoms with Crippen molar-refractivity contribution in [2.24, 2.45) is 5.92 Å². The van der Waals surface area contributed by atoms with E-state index in [-0.39, 0.29) is 45.1 Å². The number of fused-ring (bicyclic) bond motifs is 2. The van der Waals surface area contributed by atoms with Crippen molar-refractivity contribution < 1.29 is 27.4 Å². The van der Waals surface area contributed by atoms with Crippen molar-refractivity contribution >= 4 is 5.91 Å². The molecule has 0 aliphatic carbocycles. The average Bonchev–Trinajstić information content (AvgIpc) is 3.25. The number of carbonyl (C=O) groups excluding carboxylic acids is 1. The Bertz CT molecular complexity index is 866. The number of hydrogen-bond acceptors (Lipinski definition) is 5. The van der Waals surface area contributed by atoms with Crippen molar-refractivity contribution in [1.82, 2.24) is 20.1 Å². The van der Waals surface area contributed by atoms with Gasteiger partial charge in [-0.3, -0.25) is 4.79 Å². The second-order valence-electron chi connectivity index (χ2n) is 6.56. The zero-order chi connectivity index (χ0) is 19.0. The van der Waals surface area contributed by atoms with Gasteiger partial charge in [0.2, 0.25) is 12.7 Å². The second-order valence-corrected chi connectivity index (χ2v) is 6.56. The fourth-order valence-electron chi connectivity index (χ4n) is 3.26. The Hall–Kier alpha value is -2.78. The van der Waals surface area contributed by atoms with Crippen LogP contribution in [-0.2, 0) is 30.7 Å². The van der Waals surface area contributed by atoms with E-state index in [0.717, 1.165) is 5.56 Å². The SMILES string of the molecule is O=C(Cc1ccc2c(c1)OCO2)NCc1nnc2n1C[C@@H](C(F)(F)F)CC2. The number of rotatable bonds is 4. The van der Waals surface area contributed by atoms with Gasteiger partial charge in [-0.1, -0.05) is 6.07 Å². The molecule has 0 fully saturated rings. The summed E-state index contributed by atoms with van der Waals surface area (Å²) >= 11 is 0. The molecule has 1 atom stereocenters. The highest BCUT2D eigenvalue weighted by Gasteiger charge is 2.42. The first kappa shape index (κ1) is 17.6. The van der Waals surface area contributed by atoms with E-state index in [9.17, 15) is 18.0 Å². The summed E-state index contributed by atoms with van der Waals surface area (Å²) in [5.74, 6) is 0.394. The summed E-state index contributed by atoms with van der Waals surface area (Å²) in [4.78, 5) is 12.2. The van der Waals surface area contributed by atoms with Gasteiger partial charge in [-0.2, -0.15) is 13.2 Å². The minimum atomic E-state index is -4.25. The highest BCUT2D eigenvalue weighted by atomic mass is 19.4. The number of nitrogens with zero attached hydrogens (tertiary/aromatic N) is 3. The number of amides is 1. The second kappa shape index (κ2) is 6.75. The number of aryl methyl sites for hydroxylation is 1. The van der Waals surface area contributed by atoms with Crippen LogP contribution in [0.5, 0.6) is 11.5 Å². The minimum Gasteiger partial charge on any atom is -0.454 e. The Morgan fingerprint density at radius 1 is 1.26 bits per heavy atom. The Morgan fingerprint density at radius 2 is 2.07 bits per heavy atom. The Balaban J connectivity index is 1.37. The maximum atomic E-state index is 13.0. The molecule has 0 spiro atoms. The van der Waals surface area contributed by atoms with E-state index >= 15 is 0 Å². The molecule has 2 aromatic rings.